The minimum absolute atomic E-state index is 0.198. The third-order valence-electron chi connectivity index (χ3n) is 3.31. The van der Waals surface area contributed by atoms with Gasteiger partial charge in [0, 0.05) is 18.6 Å². The Bertz CT molecular complexity index is 353. The SMILES string of the molecule is O=C(O)C1CCCCC1Cc1cnccn1. The quantitative estimate of drug-likeness (QED) is 0.845. The molecule has 0 spiro atoms. The molecule has 1 aliphatic carbocycles. The van der Waals surface area contributed by atoms with E-state index in [0.717, 1.165) is 37.8 Å². The van der Waals surface area contributed by atoms with Gasteiger partial charge in [0.1, 0.15) is 0 Å². The van der Waals surface area contributed by atoms with Gasteiger partial charge in [-0.3, -0.25) is 14.8 Å². The summed E-state index contributed by atoms with van der Waals surface area (Å²) in [6.45, 7) is 0. The zero-order valence-corrected chi connectivity index (χ0v) is 9.17. The van der Waals surface area contributed by atoms with Gasteiger partial charge in [-0.1, -0.05) is 12.8 Å². The van der Waals surface area contributed by atoms with Crippen molar-refractivity contribution < 1.29 is 9.90 Å². The fraction of sp³-hybridized carbons (Fsp3) is 0.583. The van der Waals surface area contributed by atoms with Crippen LogP contribution >= 0.6 is 0 Å². The van der Waals surface area contributed by atoms with Crippen LogP contribution in [0.15, 0.2) is 18.6 Å². The van der Waals surface area contributed by atoms with E-state index in [-0.39, 0.29) is 11.8 Å². The second-order valence-electron chi connectivity index (χ2n) is 4.39. The molecule has 1 fully saturated rings. The Kier molecular flexibility index (Phi) is 3.49. The molecule has 2 rings (SSSR count). The van der Waals surface area contributed by atoms with E-state index in [4.69, 9.17) is 5.11 Å². The lowest BCUT2D eigenvalue weighted by Gasteiger charge is -2.28. The first-order chi connectivity index (χ1) is 7.77. The summed E-state index contributed by atoms with van der Waals surface area (Å²) in [6, 6.07) is 0. The molecular weight excluding hydrogens is 204 g/mol. The molecule has 4 heteroatoms. The van der Waals surface area contributed by atoms with E-state index >= 15 is 0 Å². The van der Waals surface area contributed by atoms with Crippen molar-refractivity contribution in [3.63, 3.8) is 0 Å². The lowest BCUT2D eigenvalue weighted by atomic mass is 9.77. The number of carbonyl (C=O) groups is 1. The molecule has 0 aliphatic heterocycles. The molecule has 1 saturated carbocycles. The molecule has 1 heterocycles. The highest BCUT2D eigenvalue weighted by Crippen LogP contribution is 2.32. The van der Waals surface area contributed by atoms with E-state index in [2.05, 4.69) is 9.97 Å². The van der Waals surface area contributed by atoms with Gasteiger partial charge in [0.2, 0.25) is 0 Å². The highest BCUT2D eigenvalue weighted by molar-refractivity contribution is 5.70. The largest absolute Gasteiger partial charge is 0.481 e. The zero-order valence-electron chi connectivity index (χ0n) is 9.17. The topological polar surface area (TPSA) is 63.1 Å². The molecule has 1 aromatic rings. The third-order valence-corrected chi connectivity index (χ3v) is 3.31. The Morgan fingerprint density at radius 3 is 2.88 bits per heavy atom. The van der Waals surface area contributed by atoms with Crippen LogP contribution in [0.3, 0.4) is 0 Å². The van der Waals surface area contributed by atoms with Gasteiger partial charge in [-0.25, -0.2) is 0 Å². The Labute approximate surface area is 94.7 Å². The zero-order chi connectivity index (χ0) is 11.4. The van der Waals surface area contributed by atoms with Crippen molar-refractivity contribution in [1.82, 2.24) is 9.97 Å². The first kappa shape index (κ1) is 11.0. The van der Waals surface area contributed by atoms with Crippen LogP contribution in [0, 0.1) is 11.8 Å². The minimum Gasteiger partial charge on any atom is -0.481 e. The van der Waals surface area contributed by atoms with Gasteiger partial charge in [-0.2, -0.15) is 0 Å². The molecule has 1 aliphatic rings. The maximum absolute atomic E-state index is 11.1. The van der Waals surface area contributed by atoms with Crippen LogP contribution in [-0.2, 0) is 11.2 Å². The van der Waals surface area contributed by atoms with Gasteiger partial charge in [-0.05, 0) is 25.2 Å². The molecule has 86 valence electrons. The summed E-state index contributed by atoms with van der Waals surface area (Å²) >= 11 is 0. The average molecular weight is 220 g/mol. The Balaban J connectivity index is 2.04. The Hall–Kier alpha value is -1.45. The molecule has 2 unspecified atom stereocenters. The van der Waals surface area contributed by atoms with E-state index < -0.39 is 5.97 Å². The van der Waals surface area contributed by atoms with Gasteiger partial charge in [0.15, 0.2) is 0 Å². The van der Waals surface area contributed by atoms with Crippen LogP contribution in [0.5, 0.6) is 0 Å². The fourth-order valence-electron chi connectivity index (χ4n) is 2.48. The number of hydrogen-bond acceptors (Lipinski definition) is 3. The first-order valence-corrected chi connectivity index (χ1v) is 5.75. The molecule has 4 nitrogen and oxygen atoms in total. The predicted molar refractivity (Wildman–Crippen MR) is 58.8 cm³/mol. The molecule has 1 aromatic heterocycles. The molecule has 0 bridgehead atoms. The van der Waals surface area contributed by atoms with E-state index in [1.54, 1.807) is 18.6 Å². The van der Waals surface area contributed by atoms with Crippen molar-refractivity contribution in [3.05, 3.63) is 24.3 Å². The van der Waals surface area contributed by atoms with E-state index in [1.165, 1.54) is 0 Å². The molecule has 0 aromatic carbocycles. The molecule has 0 amide bonds. The molecule has 0 radical (unpaired) electrons. The standard InChI is InChI=1S/C12H16N2O2/c15-12(16)11-4-2-1-3-9(11)7-10-8-13-5-6-14-10/h5-6,8-9,11H,1-4,7H2,(H,15,16). The smallest absolute Gasteiger partial charge is 0.306 e. The van der Waals surface area contributed by atoms with Gasteiger partial charge in [-0.15, -0.1) is 0 Å². The van der Waals surface area contributed by atoms with Crippen LogP contribution < -0.4 is 0 Å². The van der Waals surface area contributed by atoms with Crippen molar-refractivity contribution in [1.29, 1.82) is 0 Å². The van der Waals surface area contributed by atoms with E-state index in [9.17, 15) is 4.79 Å². The summed E-state index contributed by atoms with van der Waals surface area (Å²) in [6.07, 6.45) is 9.74. The van der Waals surface area contributed by atoms with Gasteiger partial charge in [0.05, 0.1) is 11.6 Å². The summed E-state index contributed by atoms with van der Waals surface area (Å²) in [7, 11) is 0. The summed E-state index contributed by atoms with van der Waals surface area (Å²) in [5, 5.41) is 9.15. The summed E-state index contributed by atoms with van der Waals surface area (Å²) in [5.41, 5.74) is 0.903. The fourth-order valence-corrected chi connectivity index (χ4v) is 2.48. The van der Waals surface area contributed by atoms with Crippen molar-refractivity contribution >= 4 is 5.97 Å². The van der Waals surface area contributed by atoms with Crippen LogP contribution in [-0.4, -0.2) is 21.0 Å². The lowest BCUT2D eigenvalue weighted by molar-refractivity contribution is -0.144. The number of aliphatic carboxylic acids is 1. The maximum atomic E-state index is 11.1. The number of nitrogens with zero attached hydrogens (tertiary/aromatic N) is 2. The third kappa shape index (κ3) is 2.56. The monoisotopic (exact) mass is 220 g/mol. The maximum Gasteiger partial charge on any atom is 0.306 e. The number of aromatic nitrogens is 2. The number of rotatable bonds is 3. The van der Waals surface area contributed by atoms with Crippen LogP contribution in [0.1, 0.15) is 31.4 Å². The lowest BCUT2D eigenvalue weighted by Crippen LogP contribution is -2.28. The minimum atomic E-state index is -0.659. The Morgan fingerprint density at radius 2 is 2.19 bits per heavy atom. The van der Waals surface area contributed by atoms with Crippen molar-refractivity contribution in [2.75, 3.05) is 0 Å². The van der Waals surface area contributed by atoms with Crippen LogP contribution in [0.2, 0.25) is 0 Å². The van der Waals surface area contributed by atoms with Gasteiger partial charge < -0.3 is 5.11 Å². The number of carboxylic acids is 1. The van der Waals surface area contributed by atoms with Crippen LogP contribution in [0.4, 0.5) is 0 Å². The first-order valence-electron chi connectivity index (χ1n) is 5.75. The van der Waals surface area contributed by atoms with E-state index in [1.807, 2.05) is 0 Å². The molecule has 1 N–H and O–H groups in total. The molecule has 0 saturated heterocycles. The average Bonchev–Trinajstić information content (AvgIpc) is 2.31. The second-order valence-corrected chi connectivity index (χ2v) is 4.39. The van der Waals surface area contributed by atoms with Gasteiger partial charge >= 0.3 is 5.97 Å². The summed E-state index contributed by atoms with van der Waals surface area (Å²) in [4.78, 5) is 19.3. The second kappa shape index (κ2) is 5.05. The molecule has 2 atom stereocenters. The summed E-state index contributed by atoms with van der Waals surface area (Å²) < 4.78 is 0. The van der Waals surface area contributed by atoms with Gasteiger partial charge in [0.25, 0.3) is 0 Å². The highest BCUT2D eigenvalue weighted by Gasteiger charge is 2.30. The van der Waals surface area contributed by atoms with Crippen molar-refractivity contribution in [3.8, 4) is 0 Å². The van der Waals surface area contributed by atoms with Crippen molar-refractivity contribution in [2.45, 2.75) is 32.1 Å². The Morgan fingerprint density at radius 1 is 1.38 bits per heavy atom. The number of carboxylic acid groups (broad SMARTS) is 1. The predicted octanol–water partition coefficient (Wildman–Crippen LogP) is 1.91. The molecule has 16 heavy (non-hydrogen) atoms. The van der Waals surface area contributed by atoms with Crippen LogP contribution in [0.25, 0.3) is 0 Å². The summed E-state index contributed by atoms with van der Waals surface area (Å²) in [5.74, 6) is -0.632. The highest BCUT2D eigenvalue weighted by atomic mass is 16.4. The number of hydrogen-bond donors (Lipinski definition) is 1. The molecular formula is C12H16N2O2. The normalized spacial score (nSPS) is 25.2. The van der Waals surface area contributed by atoms with E-state index in [0.29, 0.717) is 0 Å². The van der Waals surface area contributed by atoms with Crippen molar-refractivity contribution in [2.24, 2.45) is 11.8 Å².